The molecule has 3 heterocycles. The Hall–Kier alpha value is -6.85. The second-order valence-electron chi connectivity index (χ2n) is 12.5. The van der Waals surface area contributed by atoms with Crippen molar-refractivity contribution in [2.75, 3.05) is 0 Å². The highest BCUT2D eigenvalue weighted by atomic mass is 16.3. The molecule has 0 aliphatic carbocycles. The van der Waals surface area contributed by atoms with Crippen molar-refractivity contribution in [3.63, 3.8) is 0 Å². The molecular formula is C45H28N4O. The van der Waals surface area contributed by atoms with Gasteiger partial charge in [0, 0.05) is 32.7 Å². The maximum Gasteiger partial charge on any atom is 0.238 e. The van der Waals surface area contributed by atoms with Gasteiger partial charge in [0.05, 0.1) is 11.0 Å². The number of fused-ring (bicyclic) bond motifs is 6. The summed E-state index contributed by atoms with van der Waals surface area (Å²) in [6.07, 6.45) is 0. The Morgan fingerprint density at radius 2 is 0.780 bits per heavy atom. The van der Waals surface area contributed by atoms with Gasteiger partial charge in [-0.1, -0.05) is 127 Å². The van der Waals surface area contributed by atoms with Crippen LogP contribution in [0.4, 0.5) is 0 Å². The Morgan fingerprint density at radius 3 is 1.40 bits per heavy atom. The molecule has 0 saturated heterocycles. The molecule has 0 fully saturated rings. The second-order valence-corrected chi connectivity index (χ2v) is 12.5. The third-order valence-electron chi connectivity index (χ3n) is 9.49. The molecular weight excluding hydrogens is 613 g/mol. The zero-order chi connectivity index (χ0) is 33.0. The Bertz CT molecular complexity index is 2800. The first-order chi connectivity index (χ1) is 24.8. The predicted octanol–water partition coefficient (Wildman–Crippen LogP) is 11.5. The minimum Gasteiger partial charge on any atom is -0.456 e. The molecule has 0 aliphatic heterocycles. The molecule has 0 N–H and O–H groups in total. The predicted molar refractivity (Wildman–Crippen MR) is 203 cm³/mol. The summed E-state index contributed by atoms with van der Waals surface area (Å²) >= 11 is 0. The van der Waals surface area contributed by atoms with Crippen molar-refractivity contribution in [3.8, 4) is 51.0 Å². The number of hydrogen-bond acceptors (Lipinski definition) is 4. The lowest BCUT2D eigenvalue weighted by Crippen LogP contribution is -2.06. The minimum absolute atomic E-state index is 0.574. The molecule has 0 atom stereocenters. The number of nitrogens with zero attached hydrogens (tertiary/aromatic N) is 4. The molecule has 234 valence electrons. The summed E-state index contributed by atoms with van der Waals surface area (Å²) in [6.45, 7) is 0. The third-order valence-corrected chi connectivity index (χ3v) is 9.49. The van der Waals surface area contributed by atoms with E-state index >= 15 is 0 Å². The van der Waals surface area contributed by atoms with E-state index in [4.69, 9.17) is 19.4 Å². The first kappa shape index (κ1) is 28.2. The summed E-state index contributed by atoms with van der Waals surface area (Å²) in [6, 6.07) is 58.7. The number of furan rings is 1. The van der Waals surface area contributed by atoms with E-state index in [0.717, 1.165) is 66.0 Å². The molecule has 5 heteroatoms. The lowest BCUT2D eigenvalue weighted by atomic mass is 9.99. The lowest BCUT2D eigenvalue weighted by Gasteiger charge is -2.11. The highest BCUT2D eigenvalue weighted by molar-refractivity contribution is 6.09. The van der Waals surface area contributed by atoms with Crippen molar-refractivity contribution in [3.05, 3.63) is 170 Å². The average molecular weight is 641 g/mol. The van der Waals surface area contributed by atoms with Gasteiger partial charge in [-0.25, -0.2) is 4.98 Å². The van der Waals surface area contributed by atoms with E-state index in [1.165, 1.54) is 11.1 Å². The number of aromatic nitrogens is 4. The van der Waals surface area contributed by atoms with Crippen molar-refractivity contribution >= 4 is 43.7 Å². The van der Waals surface area contributed by atoms with Crippen LogP contribution in [0.2, 0.25) is 0 Å². The van der Waals surface area contributed by atoms with Crippen LogP contribution in [-0.4, -0.2) is 19.5 Å². The first-order valence-electron chi connectivity index (χ1n) is 16.7. The van der Waals surface area contributed by atoms with Gasteiger partial charge in [-0.15, -0.1) is 0 Å². The Morgan fingerprint density at radius 1 is 0.340 bits per heavy atom. The molecule has 0 bridgehead atoms. The van der Waals surface area contributed by atoms with E-state index in [9.17, 15) is 0 Å². The Balaban J connectivity index is 1.13. The van der Waals surface area contributed by atoms with Crippen LogP contribution in [0.1, 0.15) is 0 Å². The molecule has 0 saturated carbocycles. The second kappa shape index (κ2) is 11.4. The average Bonchev–Trinajstić information content (AvgIpc) is 3.73. The Kier molecular flexibility index (Phi) is 6.42. The minimum atomic E-state index is 0.574. The number of rotatable bonds is 5. The van der Waals surface area contributed by atoms with Gasteiger partial charge in [0.1, 0.15) is 11.2 Å². The van der Waals surface area contributed by atoms with Crippen molar-refractivity contribution in [2.45, 2.75) is 0 Å². The quantitative estimate of drug-likeness (QED) is 0.188. The fourth-order valence-electron chi connectivity index (χ4n) is 7.03. The van der Waals surface area contributed by atoms with Crippen LogP contribution >= 0.6 is 0 Å². The van der Waals surface area contributed by atoms with Crippen LogP contribution < -0.4 is 0 Å². The topological polar surface area (TPSA) is 56.7 Å². The monoisotopic (exact) mass is 640 g/mol. The highest BCUT2D eigenvalue weighted by Crippen LogP contribution is 2.36. The van der Waals surface area contributed by atoms with Gasteiger partial charge in [-0.3, -0.25) is 4.57 Å². The van der Waals surface area contributed by atoms with E-state index in [2.05, 4.69) is 126 Å². The van der Waals surface area contributed by atoms with Gasteiger partial charge < -0.3 is 4.42 Å². The molecule has 10 rings (SSSR count). The molecule has 10 aromatic rings. The van der Waals surface area contributed by atoms with Crippen molar-refractivity contribution < 1.29 is 4.42 Å². The van der Waals surface area contributed by atoms with Gasteiger partial charge in [-0.2, -0.15) is 9.97 Å². The van der Waals surface area contributed by atoms with E-state index in [0.29, 0.717) is 17.6 Å². The van der Waals surface area contributed by atoms with Crippen molar-refractivity contribution in [1.82, 2.24) is 19.5 Å². The summed E-state index contributed by atoms with van der Waals surface area (Å²) in [4.78, 5) is 15.3. The zero-order valence-corrected chi connectivity index (χ0v) is 26.9. The maximum atomic E-state index is 6.33. The maximum absolute atomic E-state index is 6.33. The summed E-state index contributed by atoms with van der Waals surface area (Å²) in [5.41, 5.74) is 10.3. The van der Waals surface area contributed by atoms with Crippen LogP contribution in [0, 0.1) is 0 Å². The molecule has 0 aliphatic rings. The molecule has 5 nitrogen and oxygen atoms in total. The first-order valence-corrected chi connectivity index (χ1v) is 16.7. The van der Waals surface area contributed by atoms with Gasteiger partial charge in [0.15, 0.2) is 11.6 Å². The Labute approximate surface area is 287 Å². The molecule has 3 aromatic heterocycles. The van der Waals surface area contributed by atoms with E-state index < -0.39 is 0 Å². The van der Waals surface area contributed by atoms with Gasteiger partial charge in [-0.05, 0) is 64.7 Å². The SMILES string of the molecule is c1ccc(-c2ccc(-c3ccc4oc5ccc(-c6nc(-c7ccccc7)nc(-n7c8ccccc8c8ccccc87)n6)cc5c4c3)cc2)cc1. The van der Waals surface area contributed by atoms with Crippen LogP contribution in [0.3, 0.4) is 0 Å². The standard InChI is InChI=1S/C45H28N4O/c1-3-11-29(12-4-1)30-19-21-31(22-20-30)33-23-25-41-37(27-33)38-28-34(24-26-42(38)50-41)44-46-43(32-13-5-2-6-14-32)47-45(48-44)49-39-17-9-7-15-35(39)36-16-8-10-18-40(36)49/h1-28H. The smallest absolute Gasteiger partial charge is 0.238 e. The number of para-hydroxylation sites is 2. The normalized spacial score (nSPS) is 11.6. The van der Waals surface area contributed by atoms with E-state index in [-0.39, 0.29) is 0 Å². The zero-order valence-electron chi connectivity index (χ0n) is 26.9. The summed E-state index contributed by atoms with van der Waals surface area (Å²) in [7, 11) is 0. The van der Waals surface area contributed by atoms with Gasteiger partial charge in [0.2, 0.25) is 5.95 Å². The molecule has 7 aromatic carbocycles. The van der Waals surface area contributed by atoms with Crippen LogP contribution in [-0.2, 0) is 0 Å². The van der Waals surface area contributed by atoms with Crippen LogP contribution in [0.25, 0.3) is 94.7 Å². The summed E-state index contributed by atoms with van der Waals surface area (Å²) in [5.74, 6) is 1.79. The largest absolute Gasteiger partial charge is 0.456 e. The lowest BCUT2D eigenvalue weighted by molar-refractivity contribution is 0.669. The third kappa shape index (κ3) is 4.67. The van der Waals surface area contributed by atoms with E-state index in [1.54, 1.807) is 0 Å². The van der Waals surface area contributed by atoms with Crippen LogP contribution in [0.5, 0.6) is 0 Å². The molecule has 50 heavy (non-hydrogen) atoms. The van der Waals surface area contributed by atoms with E-state index in [1.807, 2.05) is 48.5 Å². The van der Waals surface area contributed by atoms with Gasteiger partial charge >= 0.3 is 0 Å². The number of benzene rings is 7. The molecule has 0 spiro atoms. The molecule has 0 radical (unpaired) electrons. The number of hydrogen-bond donors (Lipinski definition) is 0. The van der Waals surface area contributed by atoms with Crippen molar-refractivity contribution in [2.24, 2.45) is 0 Å². The molecule has 0 amide bonds. The fourth-order valence-corrected chi connectivity index (χ4v) is 7.03. The van der Waals surface area contributed by atoms with Crippen molar-refractivity contribution in [1.29, 1.82) is 0 Å². The van der Waals surface area contributed by atoms with Gasteiger partial charge in [0.25, 0.3) is 0 Å². The fraction of sp³-hybridized carbons (Fsp3) is 0. The highest BCUT2D eigenvalue weighted by Gasteiger charge is 2.18. The van der Waals surface area contributed by atoms with Crippen LogP contribution in [0.15, 0.2) is 174 Å². The molecule has 0 unspecified atom stereocenters. The summed E-state index contributed by atoms with van der Waals surface area (Å²) in [5, 5.41) is 4.37. The summed E-state index contributed by atoms with van der Waals surface area (Å²) < 4.78 is 8.47.